The number of guanidine groups is 2. The van der Waals surface area contributed by atoms with Gasteiger partial charge in [-0.15, -0.1) is 13.2 Å². The van der Waals surface area contributed by atoms with Crippen molar-refractivity contribution in [3.8, 4) is 5.75 Å². The van der Waals surface area contributed by atoms with E-state index >= 15 is 0 Å². The lowest BCUT2D eigenvalue weighted by Gasteiger charge is -2.23. The molecule has 1 aliphatic heterocycles. The summed E-state index contributed by atoms with van der Waals surface area (Å²) in [6, 6.07) is 5.51. The number of alkyl halides is 3. The molecule has 0 unspecified atom stereocenters. The maximum Gasteiger partial charge on any atom is 0.573 e. The molecular formula is C15H18F3N5O. The first-order valence-electron chi connectivity index (χ1n) is 7.22. The van der Waals surface area contributed by atoms with E-state index in [1.165, 1.54) is 18.2 Å². The summed E-state index contributed by atoms with van der Waals surface area (Å²) >= 11 is 0. The summed E-state index contributed by atoms with van der Waals surface area (Å²) in [6.07, 6.45) is 0.171. The molecule has 130 valence electrons. The van der Waals surface area contributed by atoms with Crippen molar-refractivity contribution in [1.29, 1.82) is 0 Å². The van der Waals surface area contributed by atoms with E-state index in [1.807, 2.05) is 11.0 Å². The fourth-order valence-electron chi connectivity index (χ4n) is 2.09. The van der Waals surface area contributed by atoms with E-state index in [-0.39, 0.29) is 24.2 Å². The molecule has 0 atom stereocenters. The van der Waals surface area contributed by atoms with Crippen LogP contribution >= 0.6 is 0 Å². The highest BCUT2D eigenvalue weighted by atomic mass is 19.4. The normalized spacial score (nSPS) is 16.4. The molecule has 24 heavy (non-hydrogen) atoms. The smallest absolute Gasteiger partial charge is 0.406 e. The Kier molecular flexibility index (Phi) is 5.67. The largest absolute Gasteiger partial charge is 0.573 e. The molecule has 4 N–H and O–H groups in total. The van der Waals surface area contributed by atoms with E-state index in [0.29, 0.717) is 12.1 Å². The number of aliphatic imine (C=N–C) groups is 2. The van der Waals surface area contributed by atoms with Crippen molar-refractivity contribution in [1.82, 2.24) is 4.90 Å². The topological polar surface area (TPSA) is 89.2 Å². The third-order valence-corrected chi connectivity index (χ3v) is 3.17. The molecule has 0 amide bonds. The van der Waals surface area contributed by atoms with Crippen molar-refractivity contribution < 1.29 is 17.9 Å². The highest BCUT2D eigenvalue weighted by Crippen LogP contribution is 2.23. The first-order chi connectivity index (χ1) is 11.3. The zero-order chi connectivity index (χ0) is 17.6. The average molecular weight is 341 g/mol. The maximum absolute atomic E-state index is 12.2. The minimum atomic E-state index is -4.73. The lowest BCUT2D eigenvalue weighted by Crippen LogP contribution is -2.40. The van der Waals surface area contributed by atoms with Crippen molar-refractivity contribution in [3.05, 3.63) is 42.0 Å². The fraction of sp³-hybridized carbons (Fsp3) is 0.333. The molecule has 0 aliphatic carbocycles. The van der Waals surface area contributed by atoms with Crippen molar-refractivity contribution in [2.75, 3.05) is 13.1 Å². The van der Waals surface area contributed by atoms with E-state index in [4.69, 9.17) is 11.5 Å². The van der Waals surface area contributed by atoms with Gasteiger partial charge in [-0.3, -0.25) is 0 Å². The number of nitrogens with zero attached hydrogens (tertiary/aromatic N) is 3. The van der Waals surface area contributed by atoms with Crippen LogP contribution in [0.15, 0.2) is 46.4 Å². The van der Waals surface area contributed by atoms with Crippen LogP contribution in [0.4, 0.5) is 13.2 Å². The van der Waals surface area contributed by atoms with E-state index in [0.717, 1.165) is 13.0 Å². The zero-order valence-electron chi connectivity index (χ0n) is 12.8. The summed E-state index contributed by atoms with van der Waals surface area (Å²) < 4.78 is 40.4. The number of halogens is 3. The first kappa shape index (κ1) is 17.6. The van der Waals surface area contributed by atoms with Gasteiger partial charge in [-0.25, -0.2) is 4.99 Å². The van der Waals surface area contributed by atoms with Crippen LogP contribution in [0.3, 0.4) is 0 Å². The van der Waals surface area contributed by atoms with Crippen LogP contribution < -0.4 is 16.2 Å². The highest BCUT2D eigenvalue weighted by Gasteiger charge is 2.31. The molecule has 1 heterocycles. The Morgan fingerprint density at radius 2 is 2.04 bits per heavy atom. The number of ether oxygens (including phenoxy) is 1. The Balaban J connectivity index is 1.99. The molecule has 0 radical (unpaired) electrons. The van der Waals surface area contributed by atoms with Crippen LogP contribution in [0.1, 0.15) is 12.0 Å². The molecule has 0 spiro atoms. The summed E-state index contributed by atoms with van der Waals surface area (Å²) in [5.74, 6) is -0.0872. The van der Waals surface area contributed by atoms with Crippen LogP contribution in [0, 0.1) is 0 Å². The summed E-state index contributed by atoms with van der Waals surface area (Å²) in [4.78, 5) is 9.86. The van der Waals surface area contributed by atoms with Crippen LogP contribution in [-0.4, -0.2) is 36.3 Å². The van der Waals surface area contributed by atoms with Gasteiger partial charge in [-0.2, -0.15) is 4.99 Å². The maximum atomic E-state index is 12.2. The second kappa shape index (κ2) is 7.71. The number of rotatable bonds is 3. The molecule has 6 nitrogen and oxygen atoms in total. The molecule has 0 bridgehead atoms. The monoisotopic (exact) mass is 341 g/mol. The molecule has 9 heteroatoms. The summed E-state index contributed by atoms with van der Waals surface area (Å²) in [5, 5.41) is 0. The van der Waals surface area contributed by atoms with Gasteiger partial charge in [-0.05, 0) is 24.1 Å². The Bertz CT molecular complexity index is 655. The van der Waals surface area contributed by atoms with Crippen LogP contribution in [0.5, 0.6) is 5.75 Å². The second-order valence-corrected chi connectivity index (χ2v) is 5.05. The Morgan fingerprint density at radius 3 is 2.71 bits per heavy atom. The van der Waals surface area contributed by atoms with E-state index in [9.17, 15) is 13.2 Å². The quantitative estimate of drug-likeness (QED) is 0.500. The van der Waals surface area contributed by atoms with Gasteiger partial charge in [0.05, 0.1) is 6.54 Å². The predicted octanol–water partition coefficient (Wildman–Crippen LogP) is 1.98. The SMILES string of the molecule is NC(=NCc1cccc(OC(F)(F)F)c1)/N=C(/N)N1CC=CCC1. The molecular weight excluding hydrogens is 323 g/mol. The van der Waals surface area contributed by atoms with E-state index in [1.54, 1.807) is 6.07 Å². The van der Waals surface area contributed by atoms with Gasteiger partial charge < -0.3 is 21.1 Å². The van der Waals surface area contributed by atoms with Crippen LogP contribution in [0.2, 0.25) is 0 Å². The van der Waals surface area contributed by atoms with Crippen molar-refractivity contribution >= 4 is 11.9 Å². The lowest BCUT2D eigenvalue weighted by atomic mass is 10.2. The van der Waals surface area contributed by atoms with Crippen molar-refractivity contribution in [3.63, 3.8) is 0 Å². The standard InChI is InChI=1S/C15H18F3N5O/c16-15(17,18)24-12-6-4-5-11(9-12)10-21-13(19)22-14(20)23-7-2-1-3-8-23/h1-2,4-6,9H,3,7-8,10H2,(H4,19,20,21,22). The summed E-state index contributed by atoms with van der Waals surface area (Å²) in [6.45, 7) is 1.47. The second-order valence-electron chi connectivity index (χ2n) is 5.05. The fourth-order valence-corrected chi connectivity index (χ4v) is 2.09. The van der Waals surface area contributed by atoms with E-state index < -0.39 is 6.36 Å². The molecule has 1 aromatic rings. The van der Waals surface area contributed by atoms with Gasteiger partial charge >= 0.3 is 6.36 Å². The van der Waals surface area contributed by atoms with Crippen molar-refractivity contribution in [2.45, 2.75) is 19.3 Å². The minimum absolute atomic E-state index is 0.0378. The molecule has 1 aromatic carbocycles. The Morgan fingerprint density at radius 1 is 1.25 bits per heavy atom. The third kappa shape index (κ3) is 5.82. The number of nitrogens with two attached hydrogens (primary N) is 2. The van der Waals surface area contributed by atoms with Gasteiger partial charge in [0.2, 0.25) is 5.96 Å². The van der Waals surface area contributed by atoms with Gasteiger partial charge in [-0.1, -0.05) is 24.3 Å². The van der Waals surface area contributed by atoms with Gasteiger partial charge in [0, 0.05) is 13.1 Å². The number of hydrogen-bond acceptors (Lipinski definition) is 2. The molecule has 0 saturated heterocycles. The minimum Gasteiger partial charge on any atom is -0.406 e. The van der Waals surface area contributed by atoms with Gasteiger partial charge in [0.15, 0.2) is 5.96 Å². The van der Waals surface area contributed by atoms with E-state index in [2.05, 4.69) is 20.8 Å². The molecule has 0 fully saturated rings. The van der Waals surface area contributed by atoms with Gasteiger partial charge in [0.1, 0.15) is 5.75 Å². The Labute approximate surface area is 137 Å². The predicted molar refractivity (Wildman–Crippen MR) is 85.4 cm³/mol. The lowest BCUT2D eigenvalue weighted by molar-refractivity contribution is -0.274. The number of benzene rings is 1. The summed E-state index contributed by atoms with van der Waals surface area (Å²) in [5.41, 5.74) is 12.1. The number of hydrogen-bond donors (Lipinski definition) is 2. The third-order valence-electron chi connectivity index (χ3n) is 3.17. The zero-order valence-corrected chi connectivity index (χ0v) is 12.8. The van der Waals surface area contributed by atoms with Gasteiger partial charge in [0.25, 0.3) is 0 Å². The average Bonchev–Trinajstić information content (AvgIpc) is 2.52. The Hall–Kier alpha value is -2.71. The van der Waals surface area contributed by atoms with Crippen molar-refractivity contribution in [2.24, 2.45) is 21.5 Å². The van der Waals surface area contributed by atoms with Crippen LogP contribution in [0.25, 0.3) is 0 Å². The molecule has 2 rings (SSSR count). The van der Waals surface area contributed by atoms with Crippen LogP contribution in [-0.2, 0) is 6.54 Å². The first-order valence-corrected chi connectivity index (χ1v) is 7.22. The summed E-state index contributed by atoms with van der Waals surface area (Å²) in [7, 11) is 0. The molecule has 1 aliphatic rings. The molecule has 0 saturated carbocycles. The highest BCUT2D eigenvalue weighted by molar-refractivity contribution is 5.93. The molecule has 0 aromatic heterocycles.